The van der Waals surface area contributed by atoms with Crippen molar-refractivity contribution in [2.45, 2.75) is 52.5 Å². The summed E-state index contributed by atoms with van der Waals surface area (Å²) in [6.07, 6.45) is 2.69. The van der Waals surface area contributed by atoms with Crippen LogP contribution >= 0.6 is 0 Å². The first-order chi connectivity index (χ1) is 8.80. The molecule has 19 heavy (non-hydrogen) atoms. The van der Waals surface area contributed by atoms with Crippen molar-refractivity contribution >= 4 is 12.0 Å². The zero-order valence-corrected chi connectivity index (χ0v) is 12.3. The number of rotatable bonds is 4. The van der Waals surface area contributed by atoms with Gasteiger partial charge >= 0.3 is 12.0 Å². The van der Waals surface area contributed by atoms with Crippen LogP contribution in [0.2, 0.25) is 0 Å². The minimum atomic E-state index is -1.14. The molecule has 5 nitrogen and oxygen atoms in total. The summed E-state index contributed by atoms with van der Waals surface area (Å²) >= 11 is 0. The third kappa shape index (κ3) is 3.39. The van der Waals surface area contributed by atoms with Gasteiger partial charge in [-0.1, -0.05) is 34.1 Å². The molecule has 1 saturated carbocycles. The smallest absolute Gasteiger partial charge is 0.330 e. The Bertz CT molecular complexity index is 332. The Morgan fingerprint density at radius 1 is 1.26 bits per heavy atom. The van der Waals surface area contributed by atoms with E-state index in [0.29, 0.717) is 12.5 Å². The van der Waals surface area contributed by atoms with Gasteiger partial charge in [-0.2, -0.15) is 0 Å². The number of nitrogens with one attached hydrogen (secondary N) is 2. The van der Waals surface area contributed by atoms with Crippen molar-refractivity contribution in [2.75, 3.05) is 6.54 Å². The SMILES string of the molecule is CC(C)CNC(=O)NC1(C(=O)O)C(C)CCCC1C. The van der Waals surface area contributed by atoms with Gasteiger partial charge in [0.15, 0.2) is 0 Å². The average molecular weight is 270 g/mol. The maximum Gasteiger partial charge on any atom is 0.330 e. The highest BCUT2D eigenvalue weighted by atomic mass is 16.4. The Labute approximate surface area is 115 Å². The van der Waals surface area contributed by atoms with E-state index in [1.165, 1.54) is 0 Å². The van der Waals surface area contributed by atoms with Crippen LogP contribution in [0.25, 0.3) is 0 Å². The minimum absolute atomic E-state index is 0.0569. The summed E-state index contributed by atoms with van der Waals surface area (Å²) in [5.41, 5.74) is -1.14. The maximum absolute atomic E-state index is 11.9. The van der Waals surface area contributed by atoms with Gasteiger partial charge in [0, 0.05) is 6.54 Å². The van der Waals surface area contributed by atoms with Crippen molar-refractivity contribution in [3.63, 3.8) is 0 Å². The van der Waals surface area contributed by atoms with Gasteiger partial charge in [-0.25, -0.2) is 9.59 Å². The highest BCUT2D eigenvalue weighted by Crippen LogP contribution is 2.38. The molecule has 1 rings (SSSR count). The monoisotopic (exact) mass is 270 g/mol. The number of amides is 2. The Morgan fingerprint density at radius 2 is 1.79 bits per heavy atom. The zero-order chi connectivity index (χ0) is 14.6. The molecule has 0 aromatic rings. The predicted molar refractivity (Wildman–Crippen MR) is 73.9 cm³/mol. The van der Waals surface area contributed by atoms with E-state index in [4.69, 9.17) is 0 Å². The first kappa shape index (κ1) is 15.8. The van der Waals surface area contributed by atoms with Crippen LogP contribution < -0.4 is 10.6 Å². The van der Waals surface area contributed by atoms with Crippen molar-refractivity contribution in [3.8, 4) is 0 Å². The number of carbonyl (C=O) groups is 2. The number of aliphatic carboxylic acids is 1. The van der Waals surface area contributed by atoms with Crippen LogP contribution in [0.5, 0.6) is 0 Å². The van der Waals surface area contributed by atoms with E-state index in [1.807, 2.05) is 27.7 Å². The molecule has 0 radical (unpaired) electrons. The Hall–Kier alpha value is -1.26. The molecule has 1 fully saturated rings. The van der Waals surface area contributed by atoms with Crippen LogP contribution in [0, 0.1) is 17.8 Å². The summed E-state index contributed by atoms with van der Waals surface area (Å²) < 4.78 is 0. The van der Waals surface area contributed by atoms with E-state index in [2.05, 4.69) is 10.6 Å². The van der Waals surface area contributed by atoms with Crippen LogP contribution in [0.4, 0.5) is 4.79 Å². The molecule has 110 valence electrons. The Balaban J connectivity index is 2.81. The number of carboxylic acid groups (broad SMARTS) is 1. The molecule has 0 spiro atoms. The second-order valence-electron chi connectivity index (χ2n) is 6.14. The molecule has 2 amide bonds. The van der Waals surface area contributed by atoms with Crippen molar-refractivity contribution in [1.29, 1.82) is 0 Å². The molecule has 0 saturated heterocycles. The lowest BCUT2D eigenvalue weighted by molar-refractivity contribution is -0.151. The van der Waals surface area contributed by atoms with E-state index >= 15 is 0 Å². The van der Waals surface area contributed by atoms with Crippen LogP contribution in [-0.2, 0) is 4.79 Å². The fourth-order valence-corrected chi connectivity index (χ4v) is 2.92. The maximum atomic E-state index is 11.9. The predicted octanol–water partition coefficient (Wildman–Crippen LogP) is 2.22. The first-order valence-corrected chi connectivity index (χ1v) is 7.10. The summed E-state index contributed by atoms with van der Waals surface area (Å²) in [6, 6.07) is -0.378. The second-order valence-corrected chi connectivity index (χ2v) is 6.14. The molecule has 0 aromatic heterocycles. The normalized spacial score (nSPS) is 31.0. The molecule has 0 aromatic carbocycles. The van der Waals surface area contributed by atoms with Gasteiger partial charge in [-0.05, 0) is 30.6 Å². The summed E-state index contributed by atoms with van der Waals surface area (Å²) in [5.74, 6) is -0.697. The highest BCUT2D eigenvalue weighted by Gasteiger charge is 2.51. The largest absolute Gasteiger partial charge is 0.479 e. The van der Waals surface area contributed by atoms with Gasteiger partial charge in [0.05, 0.1) is 0 Å². The van der Waals surface area contributed by atoms with Crippen LogP contribution in [0.3, 0.4) is 0 Å². The van der Waals surface area contributed by atoms with Gasteiger partial charge < -0.3 is 15.7 Å². The van der Waals surface area contributed by atoms with E-state index in [1.54, 1.807) is 0 Å². The molecule has 1 aliphatic rings. The topological polar surface area (TPSA) is 78.4 Å². The van der Waals surface area contributed by atoms with Crippen molar-refractivity contribution in [2.24, 2.45) is 17.8 Å². The number of carboxylic acids is 1. The molecule has 0 heterocycles. The van der Waals surface area contributed by atoms with Crippen LogP contribution in [-0.4, -0.2) is 29.2 Å². The molecule has 5 heteroatoms. The number of carbonyl (C=O) groups excluding carboxylic acids is 1. The molecule has 2 atom stereocenters. The number of hydrogen-bond acceptors (Lipinski definition) is 2. The van der Waals surface area contributed by atoms with Gasteiger partial charge in [0.2, 0.25) is 0 Å². The summed E-state index contributed by atoms with van der Waals surface area (Å²) in [4.78, 5) is 23.7. The van der Waals surface area contributed by atoms with Gasteiger partial charge in [0.1, 0.15) is 5.54 Å². The fraction of sp³-hybridized carbons (Fsp3) is 0.857. The second kappa shape index (κ2) is 6.26. The van der Waals surface area contributed by atoms with E-state index < -0.39 is 11.5 Å². The third-order valence-corrected chi connectivity index (χ3v) is 4.17. The average Bonchev–Trinajstić information content (AvgIpc) is 2.31. The number of hydrogen-bond donors (Lipinski definition) is 3. The highest BCUT2D eigenvalue weighted by molar-refractivity contribution is 5.87. The minimum Gasteiger partial charge on any atom is -0.479 e. The molecule has 2 unspecified atom stereocenters. The third-order valence-electron chi connectivity index (χ3n) is 4.17. The van der Waals surface area contributed by atoms with Crippen molar-refractivity contribution in [3.05, 3.63) is 0 Å². The fourth-order valence-electron chi connectivity index (χ4n) is 2.92. The molecular weight excluding hydrogens is 244 g/mol. The van der Waals surface area contributed by atoms with Crippen molar-refractivity contribution < 1.29 is 14.7 Å². The molecule has 1 aliphatic carbocycles. The van der Waals surface area contributed by atoms with Crippen LogP contribution in [0.15, 0.2) is 0 Å². The van der Waals surface area contributed by atoms with Crippen molar-refractivity contribution in [1.82, 2.24) is 10.6 Å². The molecule has 0 bridgehead atoms. The first-order valence-electron chi connectivity index (χ1n) is 7.10. The quantitative estimate of drug-likeness (QED) is 0.733. The Kier molecular flexibility index (Phi) is 5.20. The van der Waals surface area contributed by atoms with Gasteiger partial charge in [-0.3, -0.25) is 0 Å². The summed E-state index contributed by atoms with van der Waals surface area (Å²) in [6.45, 7) is 8.36. The summed E-state index contributed by atoms with van der Waals surface area (Å²) in [7, 11) is 0. The van der Waals surface area contributed by atoms with E-state index in [-0.39, 0.29) is 17.9 Å². The summed E-state index contributed by atoms with van der Waals surface area (Å²) in [5, 5.41) is 15.1. The van der Waals surface area contributed by atoms with E-state index in [0.717, 1.165) is 19.3 Å². The Morgan fingerprint density at radius 3 is 2.21 bits per heavy atom. The van der Waals surface area contributed by atoms with E-state index in [9.17, 15) is 14.7 Å². The molecule has 3 N–H and O–H groups in total. The lowest BCUT2D eigenvalue weighted by atomic mass is 9.67. The lowest BCUT2D eigenvalue weighted by Gasteiger charge is -2.44. The van der Waals surface area contributed by atoms with Crippen LogP contribution in [0.1, 0.15) is 47.0 Å². The molecule has 0 aliphatic heterocycles. The standard InChI is InChI=1S/C14H26N2O3/c1-9(2)8-15-13(19)16-14(12(17)18)10(3)6-5-7-11(14)4/h9-11H,5-8H2,1-4H3,(H,17,18)(H2,15,16,19). The lowest BCUT2D eigenvalue weighted by Crippen LogP contribution is -2.65. The van der Waals surface area contributed by atoms with Gasteiger partial charge in [0.25, 0.3) is 0 Å². The van der Waals surface area contributed by atoms with Gasteiger partial charge in [-0.15, -0.1) is 0 Å². The molecular formula is C14H26N2O3. The number of urea groups is 1. The zero-order valence-electron chi connectivity index (χ0n) is 12.3.